The van der Waals surface area contributed by atoms with E-state index >= 15 is 0 Å². The molecule has 0 spiro atoms. The molecule has 0 heterocycles. The van der Waals surface area contributed by atoms with E-state index in [0.29, 0.717) is 0 Å². The summed E-state index contributed by atoms with van der Waals surface area (Å²) in [5.74, 6) is 0. The molecule has 0 aromatic carbocycles. The fourth-order valence-corrected chi connectivity index (χ4v) is 6.27. The van der Waals surface area contributed by atoms with Crippen LogP contribution in [0.3, 0.4) is 0 Å². The highest BCUT2D eigenvalue weighted by molar-refractivity contribution is 6.67. The summed E-state index contributed by atoms with van der Waals surface area (Å²) in [6.45, 7) is 13.2. The van der Waals surface area contributed by atoms with Gasteiger partial charge in [-0.05, 0) is 25.9 Å². The van der Waals surface area contributed by atoms with Gasteiger partial charge in [-0.2, -0.15) is 0 Å². The summed E-state index contributed by atoms with van der Waals surface area (Å²) < 4.78 is 14.2. The zero-order valence-electron chi connectivity index (χ0n) is 12.1. The molecule has 3 nitrogen and oxygen atoms in total. The Morgan fingerprint density at radius 1 is 0.938 bits per heavy atom. The molecule has 0 amide bonds. The quantitative estimate of drug-likeness (QED) is 0.645. The Bertz CT molecular complexity index is 182. The summed E-state index contributed by atoms with van der Waals surface area (Å²) in [5.41, 5.74) is 0. The minimum Gasteiger partial charge on any atom is -0.386 e. The van der Waals surface area contributed by atoms with Crippen LogP contribution in [0.15, 0.2) is 0 Å². The normalized spacial score (nSPS) is 13.5. The predicted octanol–water partition coefficient (Wildman–Crippen LogP) is 3.14. The molecule has 0 aliphatic carbocycles. The van der Waals surface area contributed by atoms with Gasteiger partial charge in [0.2, 0.25) is 0 Å². The zero-order valence-corrected chi connectivity index (χ0v) is 13.1. The second-order valence-electron chi connectivity index (χ2n) is 5.23. The maximum atomic E-state index is 5.86. The first-order valence-electron chi connectivity index (χ1n) is 6.25. The standard InChI is InChI=1S/C12H29NO2Si/c1-8-10-13(11-9-2)16(14-6,15-7)12(3,4)5/h8-11H2,1-7H3. The van der Waals surface area contributed by atoms with Gasteiger partial charge in [0.15, 0.2) is 0 Å². The maximum absolute atomic E-state index is 5.86. The van der Waals surface area contributed by atoms with Gasteiger partial charge in [-0.3, -0.25) is 4.57 Å². The van der Waals surface area contributed by atoms with Crippen molar-refractivity contribution in [1.29, 1.82) is 0 Å². The van der Waals surface area contributed by atoms with E-state index in [1.165, 1.54) is 0 Å². The van der Waals surface area contributed by atoms with Gasteiger partial charge in [0.1, 0.15) is 0 Å². The number of hydrogen-bond acceptors (Lipinski definition) is 3. The van der Waals surface area contributed by atoms with E-state index in [-0.39, 0.29) is 5.04 Å². The van der Waals surface area contributed by atoms with E-state index in [1.807, 2.05) is 0 Å². The molecule has 0 aliphatic heterocycles. The Labute approximate surface area is 102 Å². The van der Waals surface area contributed by atoms with Gasteiger partial charge >= 0.3 is 8.72 Å². The SMILES string of the molecule is CCCN(CCC)[Si](OC)(OC)C(C)(C)C. The van der Waals surface area contributed by atoms with Crippen molar-refractivity contribution >= 4 is 8.72 Å². The Morgan fingerprint density at radius 3 is 1.50 bits per heavy atom. The summed E-state index contributed by atoms with van der Waals surface area (Å²) in [7, 11) is 1.30. The van der Waals surface area contributed by atoms with E-state index in [9.17, 15) is 0 Å². The van der Waals surface area contributed by atoms with Crippen LogP contribution < -0.4 is 0 Å². The van der Waals surface area contributed by atoms with Crippen molar-refractivity contribution < 1.29 is 8.85 Å². The number of nitrogens with zero attached hydrogens (tertiary/aromatic N) is 1. The van der Waals surface area contributed by atoms with Crippen molar-refractivity contribution in [3.8, 4) is 0 Å². The van der Waals surface area contributed by atoms with Crippen molar-refractivity contribution in [2.75, 3.05) is 27.3 Å². The lowest BCUT2D eigenvalue weighted by molar-refractivity contribution is 0.136. The predicted molar refractivity (Wildman–Crippen MR) is 71.6 cm³/mol. The molecule has 0 bridgehead atoms. The molecule has 0 saturated carbocycles. The molecule has 0 radical (unpaired) electrons. The van der Waals surface area contributed by atoms with Crippen LogP contribution in [0, 0.1) is 0 Å². The van der Waals surface area contributed by atoms with Crippen LogP contribution in [0.5, 0.6) is 0 Å². The zero-order chi connectivity index (χ0) is 12.8. The second kappa shape index (κ2) is 6.74. The Morgan fingerprint density at radius 2 is 1.31 bits per heavy atom. The smallest absolute Gasteiger partial charge is 0.386 e. The number of hydrogen-bond donors (Lipinski definition) is 0. The molecule has 0 aliphatic rings. The highest BCUT2D eigenvalue weighted by atomic mass is 28.4. The minimum absolute atomic E-state index is 0.0564. The Hall–Kier alpha value is 0.0969. The molecule has 98 valence electrons. The summed E-state index contributed by atoms with van der Waals surface area (Å²) >= 11 is 0. The monoisotopic (exact) mass is 247 g/mol. The van der Waals surface area contributed by atoms with Gasteiger partial charge in [0.05, 0.1) is 0 Å². The number of rotatable bonds is 7. The minimum atomic E-state index is -2.28. The van der Waals surface area contributed by atoms with Crippen LogP contribution in [0.1, 0.15) is 47.5 Å². The third-order valence-electron chi connectivity index (χ3n) is 2.90. The molecule has 0 atom stereocenters. The Balaban J connectivity index is 5.09. The molecule has 4 heteroatoms. The van der Waals surface area contributed by atoms with E-state index in [2.05, 4.69) is 39.2 Å². The van der Waals surface area contributed by atoms with Crippen LogP contribution in [-0.2, 0) is 8.85 Å². The van der Waals surface area contributed by atoms with Crippen molar-refractivity contribution in [3.63, 3.8) is 0 Å². The molecule has 0 rings (SSSR count). The van der Waals surface area contributed by atoms with Gasteiger partial charge in [-0.15, -0.1) is 0 Å². The second-order valence-corrected chi connectivity index (χ2v) is 9.34. The van der Waals surface area contributed by atoms with Crippen LogP contribution >= 0.6 is 0 Å². The van der Waals surface area contributed by atoms with Crippen LogP contribution in [0.4, 0.5) is 0 Å². The van der Waals surface area contributed by atoms with E-state index < -0.39 is 8.72 Å². The van der Waals surface area contributed by atoms with Gasteiger partial charge < -0.3 is 8.85 Å². The van der Waals surface area contributed by atoms with Crippen molar-refractivity contribution in [1.82, 2.24) is 4.57 Å². The van der Waals surface area contributed by atoms with Crippen molar-refractivity contribution in [3.05, 3.63) is 0 Å². The van der Waals surface area contributed by atoms with Crippen LogP contribution in [-0.4, -0.2) is 40.6 Å². The summed E-state index contributed by atoms with van der Waals surface area (Å²) in [4.78, 5) is 0. The molecule has 0 unspecified atom stereocenters. The first-order valence-corrected chi connectivity index (χ1v) is 8.01. The lowest BCUT2D eigenvalue weighted by atomic mass is 10.3. The highest BCUT2D eigenvalue weighted by Crippen LogP contribution is 2.39. The summed E-state index contributed by atoms with van der Waals surface area (Å²) in [5, 5.41) is 0.0564. The molecule has 0 saturated heterocycles. The van der Waals surface area contributed by atoms with Crippen LogP contribution in [0.25, 0.3) is 0 Å². The summed E-state index contributed by atoms with van der Waals surface area (Å²) in [6.07, 6.45) is 2.27. The van der Waals surface area contributed by atoms with E-state index in [1.54, 1.807) is 14.2 Å². The molecule has 0 fully saturated rings. The van der Waals surface area contributed by atoms with Crippen molar-refractivity contribution in [2.45, 2.75) is 52.5 Å². The topological polar surface area (TPSA) is 21.7 Å². The van der Waals surface area contributed by atoms with Crippen LogP contribution in [0.2, 0.25) is 5.04 Å². The average molecular weight is 247 g/mol. The summed E-state index contributed by atoms with van der Waals surface area (Å²) in [6, 6.07) is 0. The maximum Gasteiger partial charge on any atom is 0.432 e. The fourth-order valence-electron chi connectivity index (χ4n) is 2.37. The van der Waals surface area contributed by atoms with E-state index in [4.69, 9.17) is 8.85 Å². The largest absolute Gasteiger partial charge is 0.432 e. The van der Waals surface area contributed by atoms with Gasteiger partial charge in [-0.1, -0.05) is 34.6 Å². The third kappa shape index (κ3) is 3.29. The van der Waals surface area contributed by atoms with Gasteiger partial charge in [-0.25, -0.2) is 0 Å². The average Bonchev–Trinajstić information content (AvgIpc) is 2.19. The molecule has 0 N–H and O–H groups in total. The molecule has 0 aromatic heterocycles. The van der Waals surface area contributed by atoms with Gasteiger partial charge in [0.25, 0.3) is 0 Å². The molecule has 16 heavy (non-hydrogen) atoms. The third-order valence-corrected chi connectivity index (χ3v) is 7.19. The molecular formula is C12H29NO2Si. The highest BCUT2D eigenvalue weighted by Gasteiger charge is 2.53. The van der Waals surface area contributed by atoms with E-state index in [0.717, 1.165) is 25.9 Å². The molecular weight excluding hydrogens is 218 g/mol. The first-order chi connectivity index (χ1) is 7.39. The van der Waals surface area contributed by atoms with Crippen molar-refractivity contribution in [2.24, 2.45) is 0 Å². The lowest BCUT2D eigenvalue weighted by Gasteiger charge is -2.45. The Kier molecular flexibility index (Phi) is 6.78. The fraction of sp³-hybridized carbons (Fsp3) is 1.00. The van der Waals surface area contributed by atoms with Gasteiger partial charge in [0, 0.05) is 19.3 Å². The molecule has 0 aromatic rings. The first kappa shape index (κ1) is 16.1. The lowest BCUT2D eigenvalue weighted by Crippen LogP contribution is -2.63.